The third-order valence-corrected chi connectivity index (χ3v) is 4.42. The third-order valence-electron chi connectivity index (χ3n) is 4.42. The first kappa shape index (κ1) is 10.9. The number of rotatable bonds is 2. The van der Waals surface area contributed by atoms with E-state index in [0.29, 0.717) is 23.0 Å². The zero-order valence-corrected chi connectivity index (χ0v) is 10.1. The number of carbonyl (C=O) groups is 1. The van der Waals surface area contributed by atoms with E-state index in [9.17, 15) is 9.18 Å². The van der Waals surface area contributed by atoms with Gasteiger partial charge in [-0.25, -0.2) is 4.39 Å². The fourth-order valence-electron chi connectivity index (χ4n) is 3.32. The Morgan fingerprint density at radius 3 is 2.47 bits per heavy atom. The van der Waals surface area contributed by atoms with Crippen LogP contribution in [-0.2, 0) is 0 Å². The molecule has 0 saturated heterocycles. The summed E-state index contributed by atoms with van der Waals surface area (Å²) in [6.07, 6.45) is 4.89. The number of fused-ring (bicyclic) bond motifs is 1. The Morgan fingerprint density at radius 1 is 1.24 bits per heavy atom. The van der Waals surface area contributed by atoms with Crippen molar-refractivity contribution in [3.05, 3.63) is 35.1 Å². The van der Waals surface area contributed by atoms with Crippen molar-refractivity contribution < 1.29 is 9.18 Å². The summed E-state index contributed by atoms with van der Waals surface area (Å²) in [6, 6.07) is 4.88. The highest BCUT2D eigenvalue weighted by atomic mass is 19.1. The molecule has 0 aromatic heterocycles. The van der Waals surface area contributed by atoms with Crippen molar-refractivity contribution in [3.63, 3.8) is 0 Å². The molecule has 2 aliphatic rings. The van der Waals surface area contributed by atoms with Gasteiger partial charge in [-0.3, -0.25) is 4.79 Å². The Morgan fingerprint density at radius 2 is 1.88 bits per heavy atom. The van der Waals surface area contributed by atoms with Crippen LogP contribution in [0.25, 0.3) is 0 Å². The number of aryl methyl sites for hydroxylation is 1. The highest BCUT2D eigenvalue weighted by Gasteiger charge is 2.54. The maximum atomic E-state index is 13.4. The molecule has 0 N–H and O–H groups in total. The lowest BCUT2D eigenvalue weighted by Gasteiger charge is -2.04. The topological polar surface area (TPSA) is 17.1 Å². The summed E-state index contributed by atoms with van der Waals surface area (Å²) in [7, 11) is 0. The Hall–Kier alpha value is -1.18. The second kappa shape index (κ2) is 3.94. The van der Waals surface area contributed by atoms with Crippen molar-refractivity contribution in [3.8, 4) is 0 Å². The molecule has 1 aromatic rings. The fourth-order valence-corrected chi connectivity index (χ4v) is 3.32. The Labute approximate surface area is 101 Å². The molecule has 2 aliphatic carbocycles. The summed E-state index contributed by atoms with van der Waals surface area (Å²) < 4.78 is 13.4. The summed E-state index contributed by atoms with van der Waals surface area (Å²) >= 11 is 0. The van der Waals surface area contributed by atoms with Gasteiger partial charge < -0.3 is 0 Å². The van der Waals surface area contributed by atoms with E-state index in [1.807, 2.05) is 0 Å². The summed E-state index contributed by atoms with van der Waals surface area (Å²) in [4.78, 5) is 12.3. The average molecular weight is 232 g/mol. The minimum Gasteiger partial charge on any atom is -0.294 e. The van der Waals surface area contributed by atoms with Crippen LogP contribution >= 0.6 is 0 Å². The molecule has 0 aliphatic heterocycles. The zero-order valence-electron chi connectivity index (χ0n) is 10.1. The quantitative estimate of drug-likeness (QED) is 0.710. The maximum Gasteiger partial charge on any atom is 0.166 e. The molecule has 1 aromatic carbocycles. The van der Waals surface area contributed by atoms with Crippen LogP contribution in [0, 0.1) is 30.5 Å². The zero-order chi connectivity index (χ0) is 12.0. The number of carbonyl (C=O) groups excluding carboxylic acids is 1. The van der Waals surface area contributed by atoms with Gasteiger partial charge in [0.1, 0.15) is 5.82 Å². The van der Waals surface area contributed by atoms with E-state index in [2.05, 4.69) is 0 Å². The lowest BCUT2D eigenvalue weighted by Crippen LogP contribution is -2.05. The molecule has 17 heavy (non-hydrogen) atoms. The van der Waals surface area contributed by atoms with E-state index < -0.39 is 0 Å². The summed E-state index contributed by atoms with van der Waals surface area (Å²) in [5.41, 5.74) is 1.17. The molecular weight excluding hydrogens is 215 g/mol. The van der Waals surface area contributed by atoms with Crippen molar-refractivity contribution in [2.24, 2.45) is 17.8 Å². The molecule has 2 fully saturated rings. The van der Waals surface area contributed by atoms with Crippen molar-refractivity contribution in [2.75, 3.05) is 0 Å². The molecule has 0 amide bonds. The minimum atomic E-state index is -0.264. The summed E-state index contributed by atoms with van der Waals surface area (Å²) in [5, 5.41) is 0. The van der Waals surface area contributed by atoms with E-state index in [1.54, 1.807) is 19.1 Å². The SMILES string of the molecule is Cc1ccc(C(=O)C2C3CCCCC32)cc1F. The van der Waals surface area contributed by atoms with Crippen molar-refractivity contribution in [1.29, 1.82) is 0 Å². The van der Waals surface area contributed by atoms with E-state index in [4.69, 9.17) is 0 Å². The number of hydrogen-bond acceptors (Lipinski definition) is 1. The van der Waals surface area contributed by atoms with Gasteiger partial charge in [-0.15, -0.1) is 0 Å². The number of ketones is 1. The summed E-state index contributed by atoms with van der Waals surface area (Å²) in [6.45, 7) is 1.72. The van der Waals surface area contributed by atoms with Crippen LogP contribution < -0.4 is 0 Å². The van der Waals surface area contributed by atoms with E-state index >= 15 is 0 Å². The van der Waals surface area contributed by atoms with Crippen LogP contribution in [0.15, 0.2) is 18.2 Å². The smallest absolute Gasteiger partial charge is 0.166 e. The van der Waals surface area contributed by atoms with Gasteiger partial charge in [-0.05, 0) is 43.2 Å². The lowest BCUT2D eigenvalue weighted by molar-refractivity contribution is 0.0956. The molecule has 1 nitrogen and oxygen atoms in total. The molecule has 0 bridgehead atoms. The minimum absolute atomic E-state index is 0.167. The average Bonchev–Trinajstić information content (AvgIpc) is 3.06. The van der Waals surface area contributed by atoms with Gasteiger partial charge in [0.25, 0.3) is 0 Å². The van der Waals surface area contributed by atoms with Gasteiger partial charge in [-0.2, -0.15) is 0 Å². The van der Waals surface area contributed by atoms with Crippen LogP contribution in [0.4, 0.5) is 4.39 Å². The maximum absolute atomic E-state index is 13.4. The van der Waals surface area contributed by atoms with Crippen LogP contribution in [0.3, 0.4) is 0 Å². The van der Waals surface area contributed by atoms with Crippen molar-refractivity contribution >= 4 is 5.78 Å². The van der Waals surface area contributed by atoms with Crippen LogP contribution in [0.2, 0.25) is 0 Å². The first-order valence-corrected chi connectivity index (χ1v) is 6.49. The van der Waals surface area contributed by atoms with Gasteiger partial charge in [0.15, 0.2) is 5.78 Å². The van der Waals surface area contributed by atoms with Crippen LogP contribution in [0.1, 0.15) is 41.6 Å². The second-order valence-electron chi connectivity index (χ2n) is 5.47. The first-order chi connectivity index (χ1) is 8.18. The predicted octanol–water partition coefficient (Wildman–Crippen LogP) is 3.75. The highest BCUT2D eigenvalue weighted by molar-refractivity contribution is 6.00. The molecule has 0 radical (unpaired) electrons. The van der Waals surface area contributed by atoms with Gasteiger partial charge in [0, 0.05) is 11.5 Å². The van der Waals surface area contributed by atoms with Gasteiger partial charge in [0.2, 0.25) is 0 Å². The monoisotopic (exact) mass is 232 g/mol. The van der Waals surface area contributed by atoms with E-state index in [0.717, 1.165) is 0 Å². The normalized spacial score (nSPS) is 30.8. The predicted molar refractivity (Wildman–Crippen MR) is 64.4 cm³/mol. The molecule has 2 heteroatoms. The third kappa shape index (κ3) is 1.80. The number of halogens is 1. The van der Waals surface area contributed by atoms with Crippen LogP contribution in [0.5, 0.6) is 0 Å². The molecule has 90 valence electrons. The van der Waals surface area contributed by atoms with E-state index in [1.165, 1.54) is 31.7 Å². The number of benzene rings is 1. The van der Waals surface area contributed by atoms with Crippen molar-refractivity contribution in [1.82, 2.24) is 0 Å². The molecule has 2 unspecified atom stereocenters. The molecular formula is C15H17FO. The number of Topliss-reactive ketones (excluding diaryl/α,β-unsaturated/α-hetero) is 1. The first-order valence-electron chi connectivity index (χ1n) is 6.49. The fraction of sp³-hybridized carbons (Fsp3) is 0.533. The standard InChI is InChI=1S/C15H17FO/c1-9-6-7-10(8-13(9)16)15(17)14-11-4-2-3-5-12(11)14/h6-8,11-12,14H,2-5H2,1H3. The van der Waals surface area contributed by atoms with Crippen LogP contribution in [-0.4, -0.2) is 5.78 Å². The molecule has 0 spiro atoms. The molecule has 3 rings (SSSR count). The Kier molecular flexibility index (Phi) is 2.53. The molecule has 0 heterocycles. The van der Waals surface area contributed by atoms with Gasteiger partial charge in [-0.1, -0.05) is 25.0 Å². The van der Waals surface area contributed by atoms with E-state index in [-0.39, 0.29) is 17.5 Å². The Bertz CT molecular complexity index is 454. The second-order valence-corrected chi connectivity index (χ2v) is 5.47. The molecule has 2 saturated carbocycles. The largest absolute Gasteiger partial charge is 0.294 e. The highest BCUT2D eigenvalue weighted by Crippen LogP contribution is 2.56. The summed E-state index contributed by atoms with van der Waals surface area (Å²) in [5.74, 6) is 1.29. The van der Waals surface area contributed by atoms with Gasteiger partial charge >= 0.3 is 0 Å². The lowest BCUT2D eigenvalue weighted by atomic mass is 10.0. The number of hydrogen-bond donors (Lipinski definition) is 0. The van der Waals surface area contributed by atoms with Crippen molar-refractivity contribution in [2.45, 2.75) is 32.6 Å². The Balaban J connectivity index is 1.80. The van der Waals surface area contributed by atoms with Gasteiger partial charge in [0.05, 0.1) is 0 Å². The molecule has 2 atom stereocenters.